The van der Waals surface area contributed by atoms with Crippen LogP contribution in [0.25, 0.3) is 10.8 Å². The first-order chi connectivity index (χ1) is 10.2. The number of piperidine rings is 1. The zero-order chi connectivity index (χ0) is 14.8. The summed E-state index contributed by atoms with van der Waals surface area (Å²) >= 11 is 0. The Morgan fingerprint density at radius 3 is 2.90 bits per heavy atom. The minimum atomic E-state index is -0.0841. The zero-order valence-electron chi connectivity index (χ0n) is 12.5. The molecule has 4 nitrogen and oxygen atoms in total. The fourth-order valence-electron chi connectivity index (χ4n) is 3.13. The number of hydrogen-bond donors (Lipinski definition) is 2. The van der Waals surface area contributed by atoms with Gasteiger partial charge in [-0.1, -0.05) is 31.2 Å². The smallest absolute Gasteiger partial charge is 0.270 e. The van der Waals surface area contributed by atoms with E-state index in [0.717, 1.165) is 23.7 Å². The van der Waals surface area contributed by atoms with Crippen LogP contribution in [0, 0.1) is 5.92 Å². The van der Waals surface area contributed by atoms with Gasteiger partial charge in [0.05, 0.1) is 0 Å². The normalized spacial score (nSPS) is 25.7. The lowest BCUT2D eigenvalue weighted by molar-refractivity contribution is 0.0894. The molecule has 0 spiro atoms. The van der Waals surface area contributed by atoms with Crippen LogP contribution in [0.2, 0.25) is 0 Å². The van der Waals surface area contributed by atoms with Crippen LogP contribution in [0.1, 0.15) is 30.8 Å². The number of benzene rings is 1. The van der Waals surface area contributed by atoms with Gasteiger partial charge in [0.2, 0.25) is 0 Å². The highest BCUT2D eigenvalue weighted by Crippen LogP contribution is 2.19. The summed E-state index contributed by atoms with van der Waals surface area (Å²) < 4.78 is 0. The molecule has 0 aliphatic carbocycles. The summed E-state index contributed by atoms with van der Waals surface area (Å²) in [6.45, 7) is 5.33. The molecule has 21 heavy (non-hydrogen) atoms. The third-order valence-electron chi connectivity index (χ3n) is 4.40. The SMILES string of the molecule is CC1CCNC(C)C1NC(=O)c1nccc2ccccc12. The minimum absolute atomic E-state index is 0.0841. The van der Waals surface area contributed by atoms with Gasteiger partial charge in [-0.3, -0.25) is 9.78 Å². The molecule has 3 unspecified atom stereocenters. The Bertz CT molecular complexity index is 640. The van der Waals surface area contributed by atoms with Crippen molar-refractivity contribution in [2.75, 3.05) is 6.54 Å². The van der Waals surface area contributed by atoms with Crippen LogP contribution in [-0.2, 0) is 0 Å². The Hall–Kier alpha value is -1.94. The number of pyridine rings is 1. The van der Waals surface area contributed by atoms with Crippen molar-refractivity contribution in [3.05, 3.63) is 42.2 Å². The Morgan fingerprint density at radius 1 is 1.29 bits per heavy atom. The number of hydrogen-bond acceptors (Lipinski definition) is 3. The van der Waals surface area contributed by atoms with E-state index in [1.807, 2.05) is 30.3 Å². The van der Waals surface area contributed by atoms with Crippen LogP contribution in [-0.4, -0.2) is 29.5 Å². The maximum absolute atomic E-state index is 12.6. The molecule has 1 aliphatic heterocycles. The maximum atomic E-state index is 12.6. The van der Waals surface area contributed by atoms with E-state index in [9.17, 15) is 4.79 Å². The number of carbonyl (C=O) groups excluding carboxylic acids is 1. The third-order valence-corrected chi connectivity index (χ3v) is 4.40. The highest BCUT2D eigenvalue weighted by atomic mass is 16.2. The van der Waals surface area contributed by atoms with Crippen molar-refractivity contribution in [3.63, 3.8) is 0 Å². The number of carbonyl (C=O) groups is 1. The molecule has 3 atom stereocenters. The van der Waals surface area contributed by atoms with Crippen molar-refractivity contribution < 1.29 is 4.79 Å². The predicted molar refractivity (Wildman–Crippen MR) is 84.2 cm³/mol. The monoisotopic (exact) mass is 283 g/mol. The number of aromatic nitrogens is 1. The molecular formula is C17H21N3O. The van der Waals surface area contributed by atoms with Crippen molar-refractivity contribution in [1.29, 1.82) is 0 Å². The van der Waals surface area contributed by atoms with E-state index in [0.29, 0.717) is 11.6 Å². The topological polar surface area (TPSA) is 54.0 Å². The van der Waals surface area contributed by atoms with Crippen molar-refractivity contribution >= 4 is 16.7 Å². The van der Waals surface area contributed by atoms with E-state index in [1.165, 1.54) is 0 Å². The fraction of sp³-hybridized carbons (Fsp3) is 0.412. The summed E-state index contributed by atoms with van der Waals surface area (Å²) in [4.78, 5) is 16.9. The standard InChI is InChI=1S/C17H21N3O/c1-11-7-9-18-12(2)15(11)20-17(21)16-14-6-4-3-5-13(14)8-10-19-16/h3-6,8,10-12,15,18H,7,9H2,1-2H3,(H,20,21). The fourth-order valence-corrected chi connectivity index (χ4v) is 3.13. The highest BCUT2D eigenvalue weighted by molar-refractivity contribution is 6.05. The molecule has 2 N–H and O–H groups in total. The second-order valence-electron chi connectivity index (χ2n) is 5.89. The van der Waals surface area contributed by atoms with Gasteiger partial charge in [-0.15, -0.1) is 0 Å². The van der Waals surface area contributed by atoms with Crippen LogP contribution >= 0.6 is 0 Å². The molecule has 1 aromatic carbocycles. The quantitative estimate of drug-likeness (QED) is 0.889. The first kappa shape index (κ1) is 14.0. The lowest BCUT2D eigenvalue weighted by atomic mass is 9.89. The largest absolute Gasteiger partial charge is 0.346 e. The summed E-state index contributed by atoms with van der Waals surface area (Å²) in [5, 5.41) is 8.53. The number of fused-ring (bicyclic) bond motifs is 1. The Kier molecular flexibility index (Phi) is 3.88. The third kappa shape index (κ3) is 2.76. The van der Waals surface area contributed by atoms with Crippen LogP contribution in [0.15, 0.2) is 36.5 Å². The number of nitrogens with one attached hydrogen (secondary N) is 2. The van der Waals surface area contributed by atoms with Gasteiger partial charge in [0.15, 0.2) is 0 Å². The minimum Gasteiger partial charge on any atom is -0.346 e. The van der Waals surface area contributed by atoms with Gasteiger partial charge >= 0.3 is 0 Å². The average molecular weight is 283 g/mol. The molecule has 1 aliphatic rings. The molecule has 3 rings (SSSR count). The molecular weight excluding hydrogens is 262 g/mol. The summed E-state index contributed by atoms with van der Waals surface area (Å²) in [5.41, 5.74) is 0.512. The molecule has 2 aromatic rings. The lowest BCUT2D eigenvalue weighted by Crippen LogP contribution is -2.56. The molecule has 2 heterocycles. The highest BCUT2D eigenvalue weighted by Gasteiger charge is 2.29. The molecule has 4 heteroatoms. The van der Waals surface area contributed by atoms with Crippen LogP contribution in [0.5, 0.6) is 0 Å². The van der Waals surface area contributed by atoms with Crippen molar-refractivity contribution in [2.45, 2.75) is 32.4 Å². The molecule has 110 valence electrons. The van der Waals surface area contributed by atoms with Crippen LogP contribution in [0.3, 0.4) is 0 Å². The molecule has 0 radical (unpaired) electrons. The molecule has 1 amide bonds. The second kappa shape index (κ2) is 5.82. The summed E-state index contributed by atoms with van der Waals surface area (Å²) in [5.74, 6) is 0.388. The molecule has 1 fully saturated rings. The molecule has 1 saturated heterocycles. The van der Waals surface area contributed by atoms with E-state index in [4.69, 9.17) is 0 Å². The van der Waals surface area contributed by atoms with Gasteiger partial charge in [0.25, 0.3) is 5.91 Å². The van der Waals surface area contributed by atoms with Gasteiger partial charge in [-0.05, 0) is 37.3 Å². The predicted octanol–water partition coefficient (Wildman–Crippen LogP) is 2.35. The van der Waals surface area contributed by atoms with Gasteiger partial charge in [0.1, 0.15) is 5.69 Å². The van der Waals surface area contributed by atoms with Gasteiger partial charge < -0.3 is 10.6 Å². The Morgan fingerprint density at radius 2 is 2.10 bits per heavy atom. The van der Waals surface area contributed by atoms with Crippen LogP contribution < -0.4 is 10.6 Å². The van der Waals surface area contributed by atoms with E-state index in [2.05, 4.69) is 29.5 Å². The molecule has 0 saturated carbocycles. The molecule has 1 aromatic heterocycles. The van der Waals surface area contributed by atoms with Gasteiger partial charge in [0, 0.05) is 23.7 Å². The van der Waals surface area contributed by atoms with E-state index in [1.54, 1.807) is 6.20 Å². The van der Waals surface area contributed by atoms with E-state index in [-0.39, 0.29) is 18.0 Å². The summed E-state index contributed by atoms with van der Waals surface area (Å²) in [6, 6.07) is 10.2. The van der Waals surface area contributed by atoms with Crippen molar-refractivity contribution in [2.24, 2.45) is 5.92 Å². The lowest BCUT2D eigenvalue weighted by Gasteiger charge is -2.35. The maximum Gasteiger partial charge on any atom is 0.270 e. The van der Waals surface area contributed by atoms with Crippen molar-refractivity contribution in [1.82, 2.24) is 15.6 Å². The zero-order valence-corrected chi connectivity index (χ0v) is 12.5. The first-order valence-corrected chi connectivity index (χ1v) is 7.55. The van der Waals surface area contributed by atoms with Gasteiger partial charge in [-0.2, -0.15) is 0 Å². The number of rotatable bonds is 2. The van der Waals surface area contributed by atoms with E-state index < -0.39 is 0 Å². The first-order valence-electron chi connectivity index (χ1n) is 7.55. The Balaban J connectivity index is 1.87. The summed E-state index contributed by atoms with van der Waals surface area (Å²) in [7, 11) is 0. The second-order valence-corrected chi connectivity index (χ2v) is 5.89. The van der Waals surface area contributed by atoms with Gasteiger partial charge in [-0.25, -0.2) is 0 Å². The average Bonchev–Trinajstić information content (AvgIpc) is 2.50. The number of amides is 1. The Labute approximate surface area is 125 Å². The summed E-state index contributed by atoms with van der Waals surface area (Å²) in [6.07, 6.45) is 2.78. The van der Waals surface area contributed by atoms with Crippen LogP contribution in [0.4, 0.5) is 0 Å². The number of nitrogens with zero attached hydrogens (tertiary/aromatic N) is 1. The van der Waals surface area contributed by atoms with Crippen molar-refractivity contribution in [3.8, 4) is 0 Å². The molecule has 0 bridgehead atoms. The van der Waals surface area contributed by atoms with E-state index >= 15 is 0 Å².